The number of carbonyl (C=O) groups is 2. The zero-order valence-corrected chi connectivity index (χ0v) is 24.1. The molecule has 2 N–H and O–H groups in total. The summed E-state index contributed by atoms with van der Waals surface area (Å²) < 4.78 is 5.71. The second kappa shape index (κ2) is 12.3. The third kappa shape index (κ3) is 6.26. The van der Waals surface area contributed by atoms with E-state index >= 15 is 0 Å². The summed E-state index contributed by atoms with van der Waals surface area (Å²) >= 11 is 23.7. The van der Waals surface area contributed by atoms with Crippen LogP contribution in [0.2, 0.25) is 15.1 Å². The van der Waals surface area contributed by atoms with E-state index in [0.717, 1.165) is 11.4 Å². The molecule has 1 saturated heterocycles. The lowest BCUT2D eigenvalue weighted by molar-refractivity contribution is 0.0746. The smallest absolute Gasteiger partial charge is 0.293 e. The fourth-order valence-corrected chi connectivity index (χ4v) is 5.12. The summed E-state index contributed by atoms with van der Waals surface area (Å²) in [5, 5.41) is 7.21. The Kier molecular flexibility index (Phi) is 8.61. The van der Waals surface area contributed by atoms with Gasteiger partial charge in [-0.05, 0) is 72.9 Å². The number of nitrogens with zero attached hydrogens (tertiary/aromatic N) is 2. The molecular formula is C29H23Cl3N4O3S. The van der Waals surface area contributed by atoms with Gasteiger partial charge in [-0.15, -0.1) is 0 Å². The largest absolute Gasteiger partial charge is 0.451 e. The zero-order valence-electron chi connectivity index (χ0n) is 21.0. The van der Waals surface area contributed by atoms with Crippen molar-refractivity contribution in [1.29, 1.82) is 0 Å². The van der Waals surface area contributed by atoms with Gasteiger partial charge in [-0.1, -0.05) is 53.0 Å². The van der Waals surface area contributed by atoms with Gasteiger partial charge in [0.1, 0.15) is 5.76 Å². The van der Waals surface area contributed by atoms with Gasteiger partial charge in [0.2, 0.25) is 0 Å². The van der Waals surface area contributed by atoms with Gasteiger partial charge in [-0.25, -0.2) is 0 Å². The number of hydrogen-bond donors (Lipinski definition) is 2. The van der Waals surface area contributed by atoms with Crippen LogP contribution >= 0.6 is 47.0 Å². The number of anilines is 2. The number of rotatable bonds is 5. The van der Waals surface area contributed by atoms with E-state index in [1.807, 2.05) is 29.2 Å². The molecule has 0 aliphatic carbocycles. The summed E-state index contributed by atoms with van der Waals surface area (Å²) in [5.41, 5.74) is 2.84. The van der Waals surface area contributed by atoms with Crippen LogP contribution in [0.3, 0.4) is 0 Å². The van der Waals surface area contributed by atoms with Crippen molar-refractivity contribution in [3.8, 4) is 11.3 Å². The molecule has 5 rings (SSSR count). The first-order chi connectivity index (χ1) is 19.3. The van der Waals surface area contributed by atoms with Crippen molar-refractivity contribution in [1.82, 2.24) is 10.2 Å². The monoisotopic (exact) mass is 612 g/mol. The number of hydrogen-bond acceptors (Lipinski definition) is 5. The normalized spacial score (nSPS) is 13.2. The van der Waals surface area contributed by atoms with Crippen LogP contribution in [0.25, 0.3) is 11.3 Å². The van der Waals surface area contributed by atoms with Crippen LogP contribution in [0.15, 0.2) is 83.3 Å². The van der Waals surface area contributed by atoms with Crippen molar-refractivity contribution in [2.45, 2.75) is 0 Å². The lowest BCUT2D eigenvalue weighted by Gasteiger charge is -2.37. The Morgan fingerprint density at radius 1 is 0.825 bits per heavy atom. The molecule has 1 aliphatic heterocycles. The van der Waals surface area contributed by atoms with Crippen LogP contribution in [-0.2, 0) is 0 Å². The van der Waals surface area contributed by atoms with E-state index in [-0.39, 0.29) is 16.8 Å². The van der Waals surface area contributed by atoms with Crippen molar-refractivity contribution in [2.75, 3.05) is 36.4 Å². The lowest BCUT2D eigenvalue weighted by Crippen LogP contribution is -2.49. The molecule has 1 fully saturated rings. The number of halogens is 3. The molecule has 7 nitrogen and oxygen atoms in total. The van der Waals surface area contributed by atoms with E-state index < -0.39 is 5.91 Å². The molecule has 0 atom stereocenters. The summed E-state index contributed by atoms with van der Waals surface area (Å²) in [6.45, 7) is 2.40. The molecule has 4 aromatic rings. The predicted molar refractivity (Wildman–Crippen MR) is 164 cm³/mol. The molecule has 40 heavy (non-hydrogen) atoms. The van der Waals surface area contributed by atoms with Crippen LogP contribution in [-0.4, -0.2) is 48.0 Å². The quantitative estimate of drug-likeness (QED) is 0.236. The van der Waals surface area contributed by atoms with Gasteiger partial charge < -0.3 is 19.5 Å². The van der Waals surface area contributed by atoms with Gasteiger partial charge in [0.05, 0.1) is 21.4 Å². The maximum atomic E-state index is 12.9. The summed E-state index contributed by atoms with van der Waals surface area (Å²) in [7, 11) is 0. The number of amides is 2. The van der Waals surface area contributed by atoms with E-state index in [9.17, 15) is 9.59 Å². The number of thiocarbonyl (C=S) groups is 1. The fraction of sp³-hybridized carbons (Fsp3) is 0.138. The summed E-state index contributed by atoms with van der Waals surface area (Å²) in [4.78, 5) is 29.7. The lowest BCUT2D eigenvalue weighted by atomic mass is 10.1. The third-order valence-electron chi connectivity index (χ3n) is 6.42. The molecule has 11 heteroatoms. The minimum absolute atomic E-state index is 0.0228. The molecule has 204 valence electrons. The molecule has 0 saturated carbocycles. The third-order valence-corrected chi connectivity index (χ3v) is 7.70. The van der Waals surface area contributed by atoms with Gasteiger partial charge in [0, 0.05) is 42.3 Å². The second-order valence-electron chi connectivity index (χ2n) is 8.98. The first kappa shape index (κ1) is 28.0. The van der Waals surface area contributed by atoms with Crippen molar-refractivity contribution in [2.24, 2.45) is 0 Å². The maximum absolute atomic E-state index is 12.9. The average molecular weight is 614 g/mol. The van der Waals surface area contributed by atoms with Gasteiger partial charge in [0.15, 0.2) is 10.9 Å². The van der Waals surface area contributed by atoms with E-state index in [1.165, 1.54) is 0 Å². The highest BCUT2D eigenvalue weighted by atomic mass is 35.5. The van der Waals surface area contributed by atoms with Crippen LogP contribution in [0, 0.1) is 0 Å². The van der Waals surface area contributed by atoms with Gasteiger partial charge in [0.25, 0.3) is 11.8 Å². The van der Waals surface area contributed by atoms with E-state index in [1.54, 1.807) is 54.6 Å². The molecule has 2 heterocycles. The maximum Gasteiger partial charge on any atom is 0.293 e. The van der Waals surface area contributed by atoms with E-state index in [4.69, 9.17) is 51.4 Å². The molecule has 2 amide bonds. The Morgan fingerprint density at radius 3 is 2.30 bits per heavy atom. The number of nitrogens with one attached hydrogen (secondary N) is 2. The number of furan rings is 1. The van der Waals surface area contributed by atoms with E-state index in [2.05, 4.69) is 15.5 Å². The highest BCUT2D eigenvalue weighted by Crippen LogP contribution is 2.34. The molecule has 0 unspecified atom stereocenters. The number of carbonyl (C=O) groups excluding carboxylic acids is 2. The fourth-order valence-electron chi connectivity index (χ4n) is 4.40. The van der Waals surface area contributed by atoms with Gasteiger partial charge in [-0.2, -0.15) is 0 Å². The molecule has 1 aliphatic rings. The molecule has 0 spiro atoms. The Hall–Kier alpha value is -3.56. The number of para-hydroxylation sites is 2. The van der Waals surface area contributed by atoms with Gasteiger partial charge in [-0.3, -0.25) is 14.9 Å². The molecule has 1 aromatic heterocycles. The Morgan fingerprint density at radius 2 is 1.55 bits per heavy atom. The molecule has 3 aromatic carbocycles. The van der Waals surface area contributed by atoms with Crippen LogP contribution in [0.1, 0.15) is 20.9 Å². The zero-order chi connectivity index (χ0) is 28.2. The van der Waals surface area contributed by atoms with Crippen LogP contribution in [0.4, 0.5) is 11.4 Å². The van der Waals surface area contributed by atoms with Crippen molar-refractivity contribution < 1.29 is 14.0 Å². The van der Waals surface area contributed by atoms with E-state index in [0.29, 0.717) is 58.1 Å². The standard InChI is InChI=1S/C29H23Cl3N4O3S/c30-19-10-8-18(9-11-19)28(38)36-16-14-35(15-17-36)23-7-2-1-6-22(23)33-29(40)34-27(37)25-13-12-24(39-25)20-4-3-5-21(31)26(20)32/h1-13H,14-17H2,(H2,33,34,37,40). The summed E-state index contributed by atoms with van der Waals surface area (Å²) in [6, 6.07) is 22.9. The highest BCUT2D eigenvalue weighted by molar-refractivity contribution is 7.80. The van der Waals surface area contributed by atoms with Crippen molar-refractivity contribution in [3.63, 3.8) is 0 Å². The summed E-state index contributed by atoms with van der Waals surface area (Å²) in [5.74, 6) is -0.0421. The molecule has 0 bridgehead atoms. The number of piperazine rings is 1. The second-order valence-corrected chi connectivity index (χ2v) is 10.6. The Labute approximate surface area is 251 Å². The number of benzene rings is 3. The topological polar surface area (TPSA) is 77.8 Å². The first-order valence-electron chi connectivity index (χ1n) is 12.4. The van der Waals surface area contributed by atoms with Gasteiger partial charge >= 0.3 is 0 Å². The SMILES string of the molecule is O=C(NC(=S)Nc1ccccc1N1CCN(C(=O)c2ccc(Cl)cc2)CC1)c1ccc(-c2cccc(Cl)c2Cl)o1. The Balaban J connectivity index is 1.20. The van der Waals surface area contributed by atoms with Crippen LogP contribution < -0.4 is 15.5 Å². The first-order valence-corrected chi connectivity index (χ1v) is 13.9. The van der Waals surface area contributed by atoms with Crippen molar-refractivity contribution >= 4 is 75.3 Å². The molecular weight excluding hydrogens is 591 g/mol. The summed E-state index contributed by atoms with van der Waals surface area (Å²) in [6.07, 6.45) is 0. The van der Waals surface area contributed by atoms with Crippen molar-refractivity contribution in [3.05, 3.63) is 105 Å². The minimum atomic E-state index is -0.506. The highest BCUT2D eigenvalue weighted by Gasteiger charge is 2.24. The average Bonchev–Trinajstić information content (AvgIpc) is 3.45. The Bertz CT molecular complexity index is 1570. The molecule has 0 radical (unpaired) electrons. The minimum Gasteiger partial charge on any atom is -0.451 e. The predicted octanol–water partition coefficient (Wildman–Crippen LogP) is 7.00. The van der Waals surface area contributed by atoms with Crippen LogP contribution in [0.5, 0.6) is 0 Å².